The molecule has 0 aliphatic carbocycles. The average Bonchev–Trinajstić information content (AvgIpc) is 2.47. The van der Waals surface area contributed by atoms with Crippen LogP contribution < -0.4 is 11.1 Å². The third kappa shape index (κ3) is 3.31. The van der Waals surface area contributed by atoms with Crippen molar-refractivity contribution in [1.82, 2.24) is 9.97 Å². The molecule has 2 rings (SSSR count). The number of nitrogens with two attached hydrogens (primary N) is 1. The zero-order chi connectivity index (χ0) is 17.2. The third-order valence-corrected chi connectivity index (χ3v) is 4.11. The molecule has 0 aliphatic heterocycles. The van der Waals surface area contributed by atoms with Gasteiger partial charge in [0, 0.05) is 5.69 Å². The second-order valence-electron chi connectivity index (χ2n) is 4.17. The second-order valence-corrected chi connectivity index (χ2v) is 6.09. The SMILES string of the molecule is Nc1ncnc(Nc2ccc(S(=O)(=O)C(F)F)cc2)c1[N+](=O)[O-]. The van der Waals surface area contributed by atoms with Gasteiger partial charge in [-0.15, -0.1) is 0 Å². The van der Waals surface area contributed by atoms with Gasteiger partial charge in [-0.05, 0) is 24.3 Å². The topological polar surface area (TPSA) is 141 Å². The number of nitrogens with zero attached hydrogens (tertiary/aromatic N) is 3. The lowest BCUT2D eigenvalue weighted by Crippen LogP contribution is -2.11. The molecule has 3 N–H and O–H groups in total. The van der Waals surface area contributed by atoms with Crippen LogP contribution in [-0.4, -0.2) is 29.1 Å². The van der Waals surface area contributed by atoms with Crippen molar-refractivity contribution >= 4 is 32.8 Å². The zero-order valence-corrected chi connectivity index (χ0v) is 12.0. The second kappa shape index (κ2) is 6.08. The van der Waals surface area contributed by atoms with Crippen LogP contribution in [0.25, 0.3) is 0 Å². The van der Waals surface area contributed by atoms with E-state index in [9.17, 15) is 27.3 Å². The molecular formula is C11H9F2N5O4S. The number of anilines is 3. The van der Waals surface area contributed by atoms with E-state index in [2.05, 4.69) is 15.3 Å². The van der Waals surface area contributed by atoms with E-state index in [-0.39, 0.29) is 17.3 Å². The van der Waals surface area contributed by atoms with Crippen LogP contribution in [-0.2, 0) is 9.84 Å². The van der Waals surface area contributed by atoms with Gasteiger partial charge in [-0.25, -0.2) is 18.4 Å². The Morgan fingerprint density at radius 3 is 2.35 bits per heavy atom. The van der Waals surface area contributed by atoms with Crippen molar-refractivity contribution < 1.29 is 22.1 Å². The monoisotopic (exact) mass is 345 g/mol. The van der Waals surface area contributed by atoms with Gasteiger partial charge in [-0.2, -0.15) is 8.78 Å². The number of nitro groups is 1. The molecule has 0 unspecified atom stereocenters. The Bertz CT molecular complexity index is 842. The summed E-state index contributed by atoms with van der Waals surface area (Å²) in [6.07, 6.45) is 1.00. The molecule has 0 aliphatic rings. The molecule has 1 aromatic heterocycles. The van der Waals surface area contributed by atoms with E-state index in [1.807, 2.05) is 0 Å². The highest BCUT2D eigenvalue weighted by Gasteiger charge is 2.26. The van der Waals surface area contributed by atoms with E-state index in [4.69, 9.17) is 5.73 Å². The van der Waals surface area contributed by atoms with Gasteiger partial charge in [0.2, 0.25) is 21.5 Å². The van der Waals surface area contributed by atoms with Crippen LogP contribution in [0.3, 0.4) is 0 Å². The molecule has 0 saturated heterocycles. The van der Waals surface area contributed by atoms with E-state index in [1.54, 1.807) is 0 Å². The Hall–Kier alpha value is -2.89. The fourth-order valence-corrected chi connectivity index (χ4v) is 2.35. The van der Waals surface area contributed by atoms with Crippen LogP contribution in [0.1, 0.15) is 0 Å². The molecule has 0 atom stereocenters. The molecule has 122 valence electrons. The normalized spacial score (nSPS) is 11.4. The first-order chi connectivity index (χ1) is 10.7. The maximum Gasteiger partial charge on any atom is 0.353 e. The molecule has 0 saturated carbocycles. The Morgan fingerprint density at radius 2 is 1.83 bits per heavy atom. The predicted molar refractivity (Wildman–Crippen MR) is 76.0 cm³/mol. The van der Waals surface area contributed by atoms with Crippen molar-refractivity contribution in [2.45, 2.75) is 10.7 Å². The van der Waals surface area contributed by atoms with Gasteiger partial charge >= 0.3 is 11.4 Å². The van der Waals surface area contributed by atoms with Crippen molar-refractivity contribution in [2.24, 2.45) is 0 Å². The first-order valence-corrected chi connectivity index (χ1v) is 7.42. The molecule has 9 nitrogen and oxygen atoms in total. The number of rotatable bonds is 5. The molecule has 0 amide bonds. The number of hydrogen-bond donors (Lipinski definition) is 2. The summed E-state index contributed by atoms with van der Waals surface area (Å²) in [6.45, 7) is 0. The van der Waals surface area contributed by atoms with Crippen molar-refractivity contribution in [2.75, 3.05) is 11.1 Å². The minimum absolute atomic E-state index is 0.194. The molecule has 0 spiro atoms. The lowest BCUT2D eigenvalue weighted by atomic mass is 10.3. The van der Waals surface area contributed by atoms with Gasteiger partial charge in [0.1, 0.15) is 6.33 Å². The number of nitrogens with one attached hydrogen (secondary N) is 1. The van der Waals surface area contributed by atoms with E-state index in [1.165, 1.54) is 0 Å². The molecule has 12 heteroatoms. The summed E-state index contributed by atoms with van der Waals surface area (Å²) in [5.41, 5.74) is 5.03. The summed E-state index contributed by atoms with van der Waals surface area (Å²) in [5.74, 6) is -4.11. The molecular weight excluding hydrogens is 336 g/mol. The quantitative estimate of drug-likeness (QED) is 0.616. The summed E-state index contributed by atoms with van der Waals surface area (Å²) >= 11 is 0. The van der Waals surface area contributed by atoms with E-state index in [0.29, 0.717) is 0 Å². The summed E-state index contributed by atoms with van der Waals surface area (Å²) in [4.78, 5) is 16.7. The Balaban J connectivity index is 2.33. The lowest BCUT2D eigenvalue weighted by molar-refractivity contribution is -0.383. The van der Waals surface area contributed by atoms with E-state index >= 15 is 0 Å². The van der Waals surface area contributed by atoms with Gasteiger partial charge in [0.05, 0.1) is 9.82 Å². The van der Waals surface area contributed by atoms with Gasteiger partial charge in [-0.3, -0.25) is 10.1 Å². The smallest absolute Gasteiger partial charge is 0.353 e. The third-order valence-electron chi connectivity index (χ3n) is 2.71. The molecule has 1 aromatic carbocycles. The summed E-state index contributed by atoms with van der Waals surface area (Å²) < 4.78 is 47.4. The fraction of sp³-hybridized carbons (Fsp3) is 0.0909. The van der Waals surface area contributed by atoms with Gasteiger partial charge in [0.25, 0.3) is 0 Å². The average molecular weight is 345 g/mol. The van der Waals surface area contributed by atoms with Crippen molar-refractivity contribution in [3.8, 4) is 0 Å². The first kappa shape index (κ1) is 16.5. The Morgan fingerprint density at radius 1 is 1.22 bits per heavy atom. The largest absolute Gasteiger partial charge is 0.378 e. The van der Waals surface area contributed by atoms with E-state index in [0.717, 1.165) is 30.6 Å². The fourth-order valence-electron chi connectivity index (χ4n) is 1.63. The summed E-state index contributed by atoms with van der Waals surface area (Å²) in [7, 11) is -4.71. The van der Waals surface area contributed by atoms with Crippen LogP contribution in [0.2, 0.25) is 0 Å². The number of nitrogen functional groups attached to an aromatic ring is 1. The first-order valence-electron chi connectivity index (χ1n) is 5.87. The molecule has 2 aromatic rings. The standard InChI is InChI=1S/C11H9F2N5O4S/c12-11(13)23(21,22)7-3-1-6(2-4-7)17-10-8(18(19)20)9(14)15-5-16-10/h1-5,11H,(H3,14,15,16,17). The van der Waals surface area contributed by atoms with Crippen LogP contribution >= 0.6 is 0 Å². The minimum atomic E-state index is -4.71. The zero-order valence-electron chi connectivity index (χ0n) is 11.2. The van der Waals surface area contributed by atoms with Gasteiger partial charge in [-0.1, -0.05) is 0 Å². The number of alkyl halides is 2. The Labute approximate surface area is 128 Å². The number of benzene rings is 1. The van der Waals surface area contributed by atoms with Crippen LogP contribution in [0.5, 0.6) is 0 Å². The predicted octanol–water partition coefficient (Wildman–Crippen LogP) is 1.71. The number of hydrogen-bond acceptors (Lipinski definition) is 8. The summed E-state index contributed by atoms with van der Waals surface area (Å²) in [5, 5.41) is 13.5. The number of sulfone groups is 1. The van der Waals surface area contributed by atoms with Crippen molar-refractivity contribution in [3.63, 3.8) is 0 Å². The van der Waals surface area contributed by atoms with Crippen molar-refractivity contribution in [3.05, 3.63) is 40.7 Å². The van der Waals surface area contributed by atoms with Crippen LogP contribution in [0, 0.1) is 10.1 Å². The van der Waals surface area contributed by atoms with Gasteiger partial charge < -0.3 is 11.1 Å². The minimum Gasteiger partial charge on any atom is -0.378 e. The molecule has 1 heterocycles. The molecule has 0 radical (unpaired) electrons. The van der Waals surface area contributed by atoms with Gasteiger partial charge in [0.15, 0.2) is 0 Å². The molecule has 0 bridgehead atoms. The highest BCUT2D eigenvalue weighted by molar-refractivity contribution is 7.91. The highest BCUT2D eigenvalue weighted by Crippen LogP contribution is 2.29. The number of aromatic nitrogens is 2. The van der Waals surface area contributed by atoms with Crippen LogP contribution in [0.4, 0.5) is 31.8 Å². The van der Waals surface area contributed by atoms with E-state index < -0.39 is 31.1 Å². The lowest BCUT2D eigenvalue weighted by Gasteiger charge is -2.08. The Kier molecular flexibility index (Phi) is 4.36. The number of halogens is 2. The maximum atomic E-state index is 12.4. The molecule has 23 heavy (non-hydrogen) atoms. The van der Waals surface area contributed by atoms with Crippen molar-refractivity contribution in [1.29, 1.82) is 0 Å². The summed E-state index contributed by atoms with van der Waals surface area (Å²) in [6, 6.07) is 4.22. The maximum absolute atomic E-state index is 12.4. The van der Waals surface area contributed by atoms with Crippen LogP contribution in [0.15, 0.2) is 35.5 Å². The highest BCUT2D eigenvalue weighted by atomic mass is 32.2. The molecule has 0 fully saturated rings.